The summed E-state index contributed by atoms with van der Waals surface area (Å²) in [6, 6.07) is 0. The number of ether oxygens (including phenoxy) is 8. The number of fused-ring (bicyclic) bond motifs is 7. The summed E-state index contributed by atoms with van der Waals surface area (Å²) in [7, 11) is 0. The van der Waals surface area contributed by atoms with Gasteiger partial charge >= 0.3 is 17.9 Å². The summed E-state index contributed by atoms with van der Waals surface area (Å²) in [6.45, 7) is 16.2. The Morgan fingerprint density at radius 2 is 1.16 bits per heavy atom. The normalized spacial score (nSPS) is 49.5. The summed E-state index contributed by atoms with van der Waals surface area (Å²) in [6.07, 6.45) is -25.1. The predicted octanol–water partition coefficient (Wildman–Crippen LogP) is -0.375. The van der Waals surface area contributed by atoms with E-state index in [9.17, 15) is 80.8 Å². The van der Waals surface area contributed by atoms with E-state index < -0.39 is 199 Å². The van der Waals surface area contributed by atoms with Crippen LogP contribution in [0.5, 0.6) is 0 Å². The van der Waals surface area contributed by atoms with E-state index in [0.29, 0.717) is 43.3 Å². The zero-order valence-corrected chi connectivity index (χ0v) is 48.5. The van der Waals surface area contributed by atoms with Crippen molar-refractivity contribution in [2.24, 2.45) is 50.2 Å². The molecule has 8 rings (SSSR count). The Balaban J connectivity index is 1.12. The van der Waals surface area contributed by atoms with Crippen LogP contribution in [0.15, 0.2) is 34.9 Å². The Morgan fingerprint density at radius 1 is 0.622 bits per heavy atom. The highest BCUT2D eigenvalue weighted by molar-refractivity contribution is 5.89. The number of carbonyl (C=O) groups is 3. The third-order valence-electron chi connectivity index (χ3n) is 21.7. The van der Waals surface area contributed by atoms with Crippen molar-refractivity contribution < 1.29 is 119 Å². The highest BCUT2D eigenvalue weighted by Gasteiger charge is 2.74. The molecule has 5 aliphatic carbocycles. The van der Waals surface area contributed by atoms with Gasteiger partial charge in [-0.05, 0) is 107 Å². The fourth-order valence-electron chi connectivity index (χ4n) is 16.4. The van der Waals surface area contributed by atoms with Crippen molar-refractivity contribution in [2.75, 3.05) is 26.4 Å². The third kappa shape index (κ3) is 10.4. The maximum atomic E-state index is 13.8. The molecule has 3 saturated heterocycles. The summed E-state index contributed by atoms with van der Waals surface area (Å²) in [5, 5.41) is 144. The Morgan fingerprint density at radius 3 is 1.66 bits per heavy atom. The van der Waals surface area contributed by atoms with Gasteiger partial charge in [-0.3, -0.25) is 0 Å². The number of hydrogen-bond donors (Lipinski definition) is 13. The van der Waals surface area contributed by atoms with Crippen LogP contribution < -0.4 is 0 Å². The SMILES string of the molecule is C/C=C(\C)C(=O)O[C@H]1[C@H](OC(=O)/C(C)=C/C)[C@]2(CO)[C@H](O)C[C@]3(C)C(=CC[C@@H]4[C@@]5(C)CC[C@H](O[C@@H]6O[C@H](C(=O)O)[C@@H](O[C@@H]7O[C@H](CO)[C@@H](O)[C@H](O)[C@H]7O)[C@H](O)[C@H]6O[C@@H]6O[C@H](CO)[C@@H](O)[C@H](O)[C@H]6O)[C@](C)(CO)[C@@H]5CC[C@]43C)[C@@H]2CC1(C)C. The van der Waals surface area contributed by atoms with Crippen LogP contribution in [0.1, 0.15) is 114 Å². The van der Waals surface area contributed by atoms with Gasteiger partial charge < -0.3 is 104 Å². The van der Waals surface area contributed by atoms with Crippen molar-refractivity contribution >= 4 is 17.9 Å². The molecule has 466 valence electrons. The molecule has 13 N–H and O–H groups in total. The topological polar surface area (TPSA) is 388 Å². The number of carboxylic acids is 1. The van der Waals surface area contributed by atoms with Crippen molar-refractivity contribution in [1.29, 1.82) is 0 Å². The smallest absolute Gasteiger partial charge is 0.335 e. The molecule has 0 amide bonds. The van der Waals surface area contributed by atoms with Crippen molar-refractivity contribution in [3.05, 3.63) is 34.9 Å². The van der Waals surface area contributed by atoms with Crippen LogP contribution in [-0.2, 0) is 52.3 Å². The maximum Gasteiger partial charge on any atom is 0.335 e. The number of allylic oxidation sites excluding steroid dienone is 4. The van der Waals surface area contributed by atoms with Crippen LogP contribution in [0.4, 0.5) is 0 Å². The van der Waals surface area contributed by atoms with E-state index in [1.165, 1.54) is 0 Å². The second-order valence-corrected chi connectivity index (χ2v) is 26.3. The van der Waals surface area contributed by atoms with Gasteiger partial charge in [0.2, 0.25) is 0 Å². The van der Waals surface area contributed by atoms with Crippen LogP contribution >= 0.6 is 0 Å². The molecule has 27 atom stereocenters. The van der Waals surface area contributed by atoms with Crippen molar-refractivity contribution in [2.45, 2.75) is 231 Å². The largest absolute Gasteiger partial charge is 0.479 e. The molecule has 3 aliphatic heterocycles. The van der Waals surface area contributed by atoms with Crippen molar-refractivity contribution in [1.82, 2.24) is 0 Å². The van der Waals surface area contributed by atoms with Gasteiger partial charge in [-0.15, -0.1) is 0 Å². The minimum atomic E-state index is -2.18. The maximum absolute atomic E-state index is 13.8. The highest BCUT2D eigenvalue weighted by atomic mass is 16.8. The minimum Gasteiger partial charge on any atom is -0.479 e. The van der Waals surface area contributed by atoms with Gasteiger partial charge in [-0.25, -0.2) is 14.4 Å². The molecular formula is C58H90O24. The molecule has 0 radical (unpaired) electrons. The molecule has 8 aliphatic rings. The predicted molar refractivity (Wildman–Crippen MR) is 283 cm³/mol. The van der Waals surface area contributed by atoms with Crippen LogP contribution in [0.2, 0.25) is 0 Å². The number of aliphatic hydroxyl groups excluding tert-OH is 12. The lowest BCUT2D eigenvalue weighted by Gasteiger charge is -2.72. The van der Waals surface area contributed by atoms with Crippen LogP contribution in [0.3, 0.4) is 0 Å². The Hall–Kier alpha value is -3.09. The van der Waals surface area contributed by atoms with Gasteiger partial charge in [0.05, 0.1) is 44.1 Å². The van der Waals surface area contributed by atoms with E-state index in [1.807, 2.05) is 20.8 Å². The van der Waals surface area contributed by atoms with Crippen LogP contribution in [-0.4, -0.2) is 227 Å². The molecule has 24 heteroatoms. The number of carboxylic acid groups (broad SMARTS) is 1. The summed E-state index contributed by atoms with van der Waals surface area (Å²) in [4.78, 5) is 40.6. The minimum absolute atomic E-state index is 0.0973. The second-order valence-electron chi connectivity index (χ2n) is 26.3. The van der Waals surface area contributed by atoms with Gasteiger partial charge in [0, 0.05) is 22.0 Å². The molecule has 3 heterocycles. The number of aliphatic hydroxyl groups is 12. The van der Waals surface area contributed by atoms with Gasteiger partial charge in [-0.1, -0.05) is 65.3 Å². The molecule has 0 aromatic heterocycles. The lowest BCUT2D eigenvalue weighted by atomic mass is 9.33. The van der Waals surface area contributed by atoms with Gasteiger partial charge in [-0.2, -0.15) is 0 Å². The van der Waals surface area contributed by atoms with Gasteiger partial charge in [0.15, 0.2) is 31.1 Å². The molecule has 0 bridgehead atoms. The monoisotopic (exact) mass is 1170 g/mol. The molecule has 0 aromatic carbocycles. The lowest BCUT2D eigenvalue weighted by molar-refractivity contribution is -0.392. The van der Waals surface area contributed by atoms with E-state index >= 15 is 0 Å². The van der Waals surface area contributed by atoms with Crippen molar-refractivity contribution in [3.8, 4) is 0 Å². The second kappa shape index (κ2) is 23.9. The average molecular weight is 1170 g/mol. The van der Waals surface area contributed by atoms with Crippen LogP contribution in [0.25, 0.3) is 0 Å². The standard InChI is InChI=1S/C58H90O24/c1-11-25(3)48(73)81-45-46(82-49(74)26(4)12-2)58(24-62)28(19-53(45,5)6)27-13-14-32-54(7)17-16-34(55(8,23-61)31(54)15-18-56(32,9)57(27,10)20-33(58)63)77-52-43(79-51-40(69)38(67)36(65)30(22-60)76-51)41(70)42(44(80-52)47(71)72)78-50-39(68)37(66)35(64)29(21-59)75-50/h11-13,28-46,50-52,59-70H,14-24H2,1-10H3,(H,71,72)/b25-11+,26-12+/t28-,29+,30+,31+,32+,33+,34-,35+,36+,37-,38-,39+,40+,41-,42-,43+,44-,45-,46-,50-,51-,52+,54-,55+,56+,57+,58-/m0/s1. The van der Waals surface area contributed by atoms with Crippen LogP contribution in [0, 0.1) is 50.2 Å². The van der Waals surface area contributed by atoms with E-state index in [1.54, 1.807) is 39.8 Å². The molecule has 0 spiro atoms. The molecule has 24 nitrogen and oxygen atoms in total. The summed E-state index contributed by atoms with van der Waals surface area (Å²) >= 11 is 0. The molecule has 0 aromatic rings. The molecule has 82 heavy (non-hydrogen) atoms. The lowest BCUT2D eigenvalue weighted by Crippen LogP contribution is -2.72. The molecule has 4 saturated carbocycles. The van der Waals surface area contributed by atoms with Gasteiger partial charge in [0.1, 0.15) is 73.2 Å². The molecule has 7 fully saturated rings. The number of aliphatic carboxylic acids is 1. The molecule has 0 unspecified atom stereocenters. The zero-order chi connectivity index (χ0) is 60.7. The summed E-state index contributed by atoms with van der Waals surface area (Å²) in [5.74, 6) is -3.95. The molecular weight excluding hydrogens is 1080 g/mol. The Bertz CT molecular complexity index is 2430. The van der Waals surface area contributed by atoms with E-state index in [2.05, 4.69) is 26.8 Å². The number of carbonyl (C=O) groups excluding carboxylic acids is 2. The van der Waals surface area contributed by atoms with E-state index in [4.69, 9.17) is 37.9 Å². The zero-order valence-electron chi connectivity index (χ0n) is 48.5. The quantitative estimate of drug-likeness (QED) is 0.0430. The third-order valence-corrected chi connectivity index (χ3v) is 21.7. The first-order valence-corrected chi connectivity index (χ1v) is 28.8. The van der Waals surface area contributed by atoms with E-state index in [0.717, 1.165) is 5.57 Å². The van der Waals surface area contributed by atoms with Gasteiger partial charge in [0.25, 0.3) is 0 Å². The Kier molecular flexibility index (Phi) is 18.9. The number of hydrogen-bond acceptors (Lipinski definition) is 23. The summed E-state index contributed by atoms with van der Waals surface area (Å²) < 4.78 is 48.6. The van der Waals surface area contributed by atoms with Crippen molar-refractivity contribution in [3.63, 3.8) is 0 Å². The number of esters is 2. The summed E-state index contributed by atoms with van der Waals surface area (Å²) in [5.41, 5.74) is -3.63. The first-order valence-electron chi connectivity index (χ1n) is 28.8. The first kappa shape index (κ1) is 64.9. The average Bonchev–Trinajstić information content (AvgIpc) is 1.64. The highest BCUT2D eigenvalue weighted by Crippen LogP contribution is 2.76. The number of rotatable bonds is 15. The first-order chi connectivity index (χ1) is 38.4. The fraction of sp³-hybridized carbons (Fsp3) is 0.845. The van der Waals surface area contributed by atoms with E-state index in [-0.39, 0.29) is 24.7 Å². The Labute approximate surface area is 477 Å². The fourth-order valence-corrected chi connectivity index (χ4v) is 16.4.